The fourth-order valence-corrected chi connectivity index (χ4v) is 3.33. The molecule has 0 unspecified atom stereocenters. The molecule has 1 aliphatic heterocycles. The van der Waals surface area contributed by atoms with E-state index in [4.69, 9.17) is 4.74 Å². The maximum atomic E-state index is 12.5. The minimum absolute atomic E-state index is 0.000444. The molecule has 3 rings (SSSR count). The van der Waals surface area contributed by atoms with Crippen molar-refractivity contribution >= 4 is 11.8 Å². The second-order valence-corrected chi connectivity index (χ2v) is 6.82. The zero-order valence-corrected chi connectivity index (χ0v) is 15.8. The molecule has 0 N–H and O–H groups in total. The number of hydrogen-bond donors (Lipinski definition) is 0. The van der Waals surface area contributed by atoms with Crippen molar-refractivity contribution in [3.8, 4) is 5.75 Å². The molecule has 1 aliphatic rings. The standard InChI is InChI=1S/C22H26N2O3/c1-27-20-11-5-10-19(15-20)16-23-13-14-24(17-22(23)26)21(25)12-6-9-18-7-3-2-4-8-18/h2-5,7-8,10-11,15H,6,9,12-14,16-17H2,1H3. The summed E-state index contributed by atoms with van der Waals surface area (Å²) in [6.07, 6.45) is 2.18. The van der Waals surface area contributed by atoms with E-state index >= 15 is 0 Å². The number of piperazine rings is 1. The zero-order chi connectivity index (χ0) is 19.1. The summed E-state index contributed by atoms with van der Waals surface area (Å²) in [6.45, 7) is 1.89. The fraction of sp³-hybridized carbons (Fsp3) is 0.364. The number of hydrogen-bond acceptors (Lipinski definition) is 3. The minimum Gasteiger partial charge on any atom is -0.497 e. The Labute approximate surface area is 160 Å². The predicted molar refractivity (Wildman–Crippen MR) is 104 cm³/mol. The summed E-state index contributed by atoms with van der Waals surface area (Å²) in [5.41, 5.74) is 2.27. The van der Waals surface area contributed by atoms with Gasteiger partial charge in [0.2, 0.25) is 11.8 Å². The summed E-state index contributed by atoms with van der Waals surface area (Å²) in [7, 11) is 1.63. The molecule has 0 radical (unpaired) electrons. The van der Waals surface area contributed by atoms with Gasteiger partial charge >= 0.3 is 0 Å². The van der Waals surface area contributed by atoms with Crippen LogP contribution >= 0.6 is 0 Å². The summed E-state index contributed by atoms with van der Waals surface area (Å²) < 4.78 is 5.23. The first kappa shape index (κ1) is 19.0. The molecule has 1 saturated heterocycles. The van der Waals surface area contributed by atoms with Gasteiger partial charge in [0.25, 0.3) is 0 Å². The fourth-order valence-electron chi connectivity index (χ4n) is 3.33. The van der Waals surface area contributed by atoms with Crippen LogP contribution in [0.3, 0.4) is 0 Å². The SMILES string of the molecule is COc1cccc(CN2CCN(C(=O)CCCc3ccccc3)CC2=O)c1. The Morgan fingerprint density at radius 3 is 2.56 bits per heavy atom. The molecule has 0 atom stereocenters. The van der Waals surface area contributed by atoms with Crippen LogP contribution < -0.4 is 4.74 Å². The molecule has 0 aromatic heterocycles. The van der Waals surface area contributed by atoms with Crippen molar-refractivity contribution in [1.29, 1.82) is 0 Å². The lowest BCUT2D eigenvalue weighted by atomic mass is 10.1. The minimum atomic E-state index is 0.000444. The Hall–Kier alpha value is -2.82. The smallest absolute Gasteiger partial charge is 0.242 e. The van der Waals surface area contributed by atoms with Gasteiger partial charge in [0.1, 0.15) is 5.75 Å². The normalized spacial score (nSPS) is 14.3. The Balaban J connectivity index is 1.46. The van der Waals surface area contributed by atoms with Crippen molar-refractivity contribution in [2.45, 2.75) is 25.8 Å². The van der Waals surface area contributed by atoms with E-state index < -0.39 is 0 Å². The second kappa shape index (κ2) is 9.21. The van der Waals surface area contributed by atoms with Crippen molar-refractivity contribution in [3.05, 3.63) is 65.7 Å². The average Bonchev–Trinajstić information content (AvgIpc) is 2.70. The van der Waals surface area contributed by atoms with Crippen molar-refractivity contribution in [3.63, 3.8) is 0 Å². The van der Waals surface area contributed by atoms with E-state index in [0.29, 0.717) is 26.1 Å². The van der Waals surface area contributed by atoms with Crippen LogP contribution in [0, 0.1) is 0 Å². The first-order valence-corrected chi connectivity index (χ1v) is 9.38. The van der Waals surface area contributed by atoms with E-state index in [1.165, 1.54) is 5.56 Å². The molecule has 0 saturated carbocycles. The molecule has 2 aromatic carbocycles. The van der Waals surface area contributed by atoms with E-state index in [1.54, 1.807) is 12.0 Å². The quantitative estimate of drug-likeness (QED) is 0.757. The van der Waals surface area contributed by atoms with Crippen LogP contribution in [0.2, 0.25) is 0 Å². The average molecular weight is 366 g/mol. The summed E-state index contributed by atoms with van der Waals surface area (Å²) in [5, 5.41) is 0. The lowest BCUT2D eigenvalue weighted by Gasteiger charge is -2.34. The van der Waals surface area contributed by atoms with Gasteiger partial charge in [0.05, 0.1) is 13.7 Å². The molecule has 2 amide bonds. The highest BCUT2D eigenvalue weighted by molar-refractivity contribution is 5.86. The molecule has 0 spiro atoms. The van der Waals surface area contributed by atoms with Gasteiger partial charge in [0, 0.05) is 26.1 Å². The first-order valence-electron chi connectivity index (χ1n) is 9.38. The van der Waals surface area contributed by atoms with Crippen molar-refractivity contribution in [1.82, 2.24) is 9.80 Å². The third kappa shape index (κ3) is 5.33. The molecular formula is C22H26N2O3. The van der Waals surface area contributed by atoms with Gasteiger partial charge in [-0.3, -0.25) is 9.59 Å². The van der Waals surface area contributed by atoms with Crippen LogP contribution in [0.4, 0.5) is 0 Å². The molecule has 142 valence electrons. The molecule has 5 nitrogen and oxygen atoms in total. The summed E-state index contributed by atoms with van der Waals surface area (Å²) >= 11 is 0. The Morgan fingerprint density at radius 2 is 1.81 bits per heavy atom. The second-order valence-electron chi connectivity index (χ2n) is 6.82. The number of amides is 2. The highest BCUT2D eigenvalue weighted by Crippen LogP contribution is 2.16. The van der Waals surface area contributed by atoms with E-state index in [9.17, 15) is 9.59 Å². The van der Waals surface area contributed by atoms with Crippen LogP contribution in [-0.2, 0) is 22.6 Å². The maximum Gasteiger partial charge on any atom is 0.242 e. The van der Waals surface area contributed by atoms with Gasteiger partial charge in [-0.25, -0.2) is 0 Å². The number of carbonyl (C=O) groups is 2. The van der Waals surface area contributed by atoms with Gasteiger partial charge in [-0.1, -0.05) is 42.5 Å². The van der Waals surface area contributed by atoms with Crippen LogP contribution in [0.15, 0.2) is 54.6 Å². The third-order valence-electron chi connectivity index (χ3n) is 4.88. The maximum absolute atomic E-state index is 12.5. The molecule has 0 bridgehead atoms. The lowest BCUT2D eigenvalue weighted by molar-refractivity contribution is -0.145. The lowest BCUT2D eigenvalue weighted by Crippen LogP contribution is -2.51. The molecule has 27 heavy (non-hydrogen) atoms. The van der Waals surface area contributed by atoms with Crippen molar-refractivity contribution < 1.29 is 14.3 Å². The number of methoxy groups -OCH3 is 1. The van der Waals surface area contributed by atoms with Crippen LogP contribution in [-0.4, -0.2) is 48.4 Å². The van der Waals surface area contributed by atoms with Gasteiger partial charge < -0.3 is 14.5 Å². The monoisotopic (exact) mass is 366 g/mol. The molecule has 2 aromatic rings. The number of rotatable bonds is 7. The van der Waals surface area contributed by atoms with Gasteiger partial charge in [-0.15, -0.1) is 0 Å². The van der Waals surface area contributed by atoms with Gasteiger partial charge in [-0.05, 0) is 36.1 Å². The van der Waals surface area contributed by atoms with Gasteiger partial charge in [0.15, 0.2) is 0 Å². The number of ether oxygens (including phenoxy) is 1. The van der Waals surface area contributed by atoms with Crippen LogP contribution in [0.25, 0.3) is 0 Å². The molecule has 1 heterocycles. The summed E-state index contributed by atoms with van der Waals surface area (Å²) in [4.78, 5) is 28.4. The van der Waals surface area contributed by atoms with E-state index in [-0.39, 0.29) is 18.4 Å². The largest absolute Gasteiger partial charge is 0.497 e. The van der Waals surface area contributed by atoms with Crippen LogP contribution in [0.5, 0.6) is 5.75 Å². The zero-order valence-electron chi connectivity index (χ0n) is 15.8. The Morgan fingerprint density at radius 1 is 1.04 bits per heavy atom. The summed E-state index contributed by atoms with van der Waals surface area (Å²) in [5.74, 6) is 0.855. The van der Waals surface area contributed by atoms with Crippen molar-refractivity contribution in [2.75, 3.05) is 26.7 Å². The number of aryl methyl sites for hydroxylation is 1. The van der Waals surface area contributed by atoms with E-state index in [0.717, 1.165) is 24.2 Å². The third-order valence-corrected chi connectivity index (χ3v) is 4.88. The number of carbonyl (C=O) groups excluding carboxylic acids is 2. The highest BCUT2D eigenvalue weighted by Gasteiger charge is 2.26. The topological polar surface area (TPSA) is 49.9 Å². The van der Waals surface area contributed by atoms with Crippen molar-refractivity contribution in [2.24, 2.45) is 0 Å². The highest BCUT2D eigenvalue weighted by atomic mass is 16.5. The van der Waals surface area contributed by atoms with E-state index in [2.05, 4.69) is 12.1 Å². The number of benzene rings is 2. The van der Waals surface area contributed by atoms with Gasteiger partial charge in [-0.2, -0.15) is 0 Å². The predicted octanol–water partition coefficient (Wildman–Crippen LogP) is 2.89. The van der Waals surface area contributed by atoms with Crippen LogP contribution in [0.1, 0.15) is 24.0 Å². The molecular weight excluding hydrogens is 340 g/mol. The molecule has 0 aliphatic carbocycles. The molecule has 1 fully saturated rings. The molecule has 5 heteroatoms. The number of nitrogens with zero attached hydrogens (tertiary/aromatic N) is 2. The Bertz CT molecular complexity index is 776. The first-order chi connectivity index (χ1) is 13.2. The Kier molecular flexibility index (Phi) is 6.47. The van der Waals surface area contributed by atoms with E-state index in [1.807, 2.05) is 47.4 Å². The summed E-state index contributed by atoms with van der Waals surface area (Å²) in [6, 6.07) is 17.9.